The second kappa shape index (κ2) is 10.1. The maximum Gasteiger partial charge on any atom is 0.264 e. The first-order valence-electron chi connectivity index (χ1n) is 11.1. The molecule has 0 spiro atoms. The molecular weight excluding hydrogens is 488 g/mol. The number of aryl methyl sites for hydroxylation is 1. The molecule has 0 saturated carbocycles. The minimum atomic E-state index is -3.76. The van der Waals surface area contributed by atoms with Gasteiger partial charge < -0.3 is 10.1 Å². The number of methoxy groups -OCH3 is 1. The molecule has 0 atom stereocenters. The second-order valence-corrected chi connectivity index (χ2v) is 12.1. The molecule has 8 nitrogen and oxygen atoms in total. The minimum Gasteiger partial charge on any atom is -0.497 e. The summed E-state index contributed by atoms with van der Waals surface area (Å²) in [7, 11) is -5.81. The molecule has 0 unspecified atom stereocenters. The third-order valence-corrected chi connectivity index (χ3v) is 9.35. The number of hydrogen-bond donors (Lipinski definition) is 1. The summed E-state index contributed by atoms with van der Waals surface area (Å²) < 4.78 is 57.9. The highest BCUT2D eigenvalue weighted by Crippen LogP contribution is 2.34. The number of rotatable bonds is 8. The number of sulfone groups is 1. The molecule has 184 valence electrons. The van der Waals surface area contributed by atoms with Crippen LogP contribution in [0.1, 0.15) is 18.4 Å². The van der Waals surface area contributed by atoms with Crippen molar-refractivity contribution in [3.63, 3.8) is 0 Å². The summed E-state index contributed by atoms with van der Waals surface area (Å²) in [5.74, 6) is -0.162. The van der Waals surface area contributed by atoms with Crippen LogP contribution in [0.25, 0.3) is 0 Å². The fraction of sp³-hybridized carbons (Fsp3) is 0.240. The number of hydrogen-bond acceptors (Lipinski definition) is 6. The van der Waals surface area contributed by atoms with E-state index in [2.05, 4.69) is 5.32 Å². The Hall–Kier alpha value is -3.37. The lowest BCUT2D eigenvalue weighted by molar-refractivity contribution is -0.115. The predicted molar refractivity (Wildman–Crippen MR) is 134 cm³/mol. The fourth-order valence-electron chi connectivity index (χ4n) is 3.96. The Morgan fingerprint density at radius 1 is 0.943 bits per heavy atom. The first kappa shape index (κ1) is 24.7. The van der Waals surface area contributed by atoms with Crippen molar-refractivity contribution in [2.45, 2.75) is 29.1 Å². The first-order chi connectivity index (χ1) is 16.7. The van der Waals surface area contributed by atoms with Crippen molar-refractivity contribution < 1.29 is 26.4 Å². The number of benzene rings is 3. The summed E-state index contributed by atoms with van der Waals surface area (Å²) in [5, 5.41) is 2.73. The average molecular weight is 515 g/mol. The van der Waals surface area contributed by atoms with E-state index in [1.54, 1.807) is 48.5 Å². The maximum atomic E-state index is 13.3. The van der Waals surface area contributed by atoms with Crippen LogP contribution in [-0.2, 0) is 31.1 Å². The second-order valence-electron chi connectivity index (χ2n) is 8.13. The van der Waals surface area contributed by atoms with Gasteiger partial charge in [-0.2, -0.15) is 0 Å². The van der Waals surface area contributed by atoms with E-state index in [9.17, 15) is 21.6 Å². The maximum absolute atomic E-state index is 13.3. The smallest absolute Gasteiger partial charge is 0.264 e. The molecule has 1 aliphatic rings. The van der Waals surface area contributed by atoms with Crippen LogP contribution in [-0.4, -0.2) is 42.2 Å². The number of nitrogens with zero attached hydrogens (tertiary/aromatic N) is 1. The third-order valence-electron chi connectivity index (χ3n) is 5.79. The number of anilines is 2. The minimum absolute atomic E-state index is 0.170. The van der Waals surface area contributed by atoms with Crippen LogP contribution in [0.4, 0.5) is 11.4 Å². The summed E-state index contributed by atoms with van der Waals surface area (Å²) >= 11 is 0. The van der Waals surface area contributed by atoms with Crippen LogP contribution in [0, 0.1) is 0 Å². The normalized spacial score (nSPS) is 13.7. The molecule has 0 radical (unpaired) electrons. The zero-order valence-electron chi connectivity index (χ0n) is 19.2. The van der Waals surface area contributed by atoms with Crippen LogP contribution >= 0.6 is 0 Å². The van der Waals surface area contributed by atoms with Crippen molar-refractivity contribution in [1.82, 2.24) is 0 Å². The number of amides is 1. The highest BCUT2D eigenvalue weighted by Gasteiger charge is 2.29. The Morgan fingerprint density at radius 3 is 2.34 bits per heavy atom. The summed E-state index contributed by atoms with van der Waals surface area (Å²) in [6.45, 7) is 0.352. The quantitative estimate of drug-likeness (QED) is 0.492. The molecule has 1 amide bonds. The van der Waals surface area contributed by atoms with E-state index in [0.29, 0.717) is 36.5 Å². The van der Waals surface area contributed by atoms with E-state index in [1.165, 1.54) is 35.7 Å². The van der Waals surface area contributed by atoms with Crippen molar-refractivity contribution in [2.24, 2.45) is 0 Å². The molecule has 0 bridgehead atoms. The Bertz CT molecular complexity index is 1420. The van der Waals surface area contributed by atoms with E-state index in [-0.39, 0.29) is 22.0 Å². The summed E-state index contributed by atoms with van der Waals surface area (Å²) in [6.07, 6.45) is 1.11. The van der Waals surface area contributed by atoms with Gasteiger partial charge in [-0.15, -0.1) is 0 Å². The zero-order valence-corrected chi connectivity index (χ0v) is 20.8. The number of carbonyl (C=O) groups excluding carboxylic acids is 1. The van der Waals surface area contributed by atoms with Gasteiger partial charge in [-0.05, 0) is 73.0 Å². The molecule has 3 aromatic rings. The largest absolute Gasteiger partial charge is 0.497 e. The van der Waals surface area contributed by atoms with Crippen molar-refractivity contribution in [1.29, 1.82) is 0 Å². The molecule has 10 heteroatoms. The average Bonchev–Trinajstić information content (AvgIpc) is 2.87. The van der Waals surface area contributed by atoms with Gasteiger partial charge >= 0.3 is 0 Å². The van der Waals surface area contributed by atoms with Crippen LogP contribution in [0.3, 0.4) is 0 Å². The van der Waals surface area contributed by atoms with Gasteiger partial charge in [0, 0.05) is 18.7 Å². The van der Waals surface area contributed by atoms with Crippen molar-refractivity contribution >= 4 is 37.1 Å². The van der Waals surface area contributed by atoms with Gasteiger partial charge in [-0.3, -0.25) is 9.10 Å². The highest BCUT2D eigenvalue weighted by atomic mass is 32.2. The van der Waals surface area contributed by atoms with Gasteiger partial charge in [0.05, 0.1) is 28.3 Å². The molecule has 0 saturated heterocycles. The van der Waals surface area contributed by atoms with Gasteiger partial charge in [-0.1, -0.05) is 18.2 Å². The number of ether oxygens (including phenoxy) is 1. The summed E-state index contributed by atoms with van der Waals surface area (Å²) in [5.41, 5.74) is 1.86. The molecule has 0 aromatic heterocycles. The van der Waals surface area contributed by atoms with E-state index >= 15 is 0 Å². The third kappa shape index (κ3) is 5.49. The van der Waals surface area contributed by atoms with E-state index in [1.807, 2.05) is 0 Å². The van der Waals surface area contributed by atoms with Gasteiger partial charge in [0.1, 0.15) is 5.75 Å². The molecule has 1 heterocycles. The molecule has 1 N–H and O–H groups in total. The van der Waals surface area contributed by atoms with Crippen LogP contribution in [0.15, 0.2) is 82.6 Å². The molecule has 0 fully saturated rings. The Balaban J connectivity index is 1.47. The standard InChI is InChI=1S/C25H26N2O6S2/c1-33-21-10-12-23(13-11-21)35(31,32)27-16-5-6-19-18-20(9-14-24(19)27)26-25(28)15-17-34(29,30)22-7-3-2-4-8-22/h2-4,7-14,18H,5-6,15-17H2,1H3,(H,26,28). The SMILES string of the molecule is COc1ccc(S(=O)(=O)N2CCCc3cc(NC(=O)CCS(=O)(=O)c4ccccc4)ccc32)cc1. The molecule has 0 aliphatic carbocycles. The van der Waals surface area contributed by atoms with E-state index < -0.39 is 25.8 Å². The van der Waals surface area contributed by atoms with E-state index in [0.717, 1.165) is 5.56 Å². The highest BCUT2D eigenvalue weighted by molar-refractivity contribution is 7.92. The summed E-state index contributed by atoms with van der Waals surface area (Å²) in [6, 6.07) is 19.3. The van der Waals surface area contributed by atoms with E-state index in [4.69, 9.17) is 4.74 Å². The summed E-state index contributed by atoms with van der Waals surface area (Å²) in [4.78, 5) is 12.8. The van der Waals surface area contributed by atoms with Crippen molar-refractivity contribution in [2.75, 3.05) is 29.0 Å². The van der Waals surface area contributed by atoms with Gasteiger partial charge in [0.2, 0.25) is 5.91 Å². The molecule has 35 heavy (non-hydrogen) atoms. The van der Waals surface area contributed by atoms with Crippen molar-refractivity contribution in [3.8, 4) is 5.75 Å². The number of carbonyl (C=O) groups is 1. The number of nitrogens with one attached hydrogen (secondary N) is 1. The monoisotopic (exact) mass is 514 g/mol. The number of fused-ring (bicyclic) bond motifs is 1. The number of sulfonamides is 1. The fourth-order valence-corrected chi connectivity index (χ4v) is 6.76. The topological polar surface area (TPSA) is 110 Å². The lowest BCUT2D eigenvalue weighted by Gasteiger charge is -2.31. The van der Waals surface area contributed by atoms with Gasteiger partial charge in [-0.25, -0.2) is 16.8 Å². The van der Waals surface area contributed by atoms with Crippen LogP contribution < -0.4 is 14.4 Å². The lowest BCUT2D eigenvalue weighted by Crippen LogP contribution is -2.35. The predicted octanol–water partition coefficient (Wildman–Crippen LogP) is 3.64. The van der Waals surface area contributed by atoms with Gasteiger partial charge in [0.25, 0.3) is 10.0 Å². The Morgan fingerprint density at radius 2 is 1.66 bits per heavy atom. The molecule has 4 rings (SSSR count). The molecule has 1 aliphatic heterocycles. The van der Waals surface area contributed by atoms with Crippen LogP contribution in [0.5, 0.6) is 5.75 Å². The molecule has 3 aromatic carbocycles. The van der Waals surface area contributed by atoms with Crippen molar-refractivity contribution in [3.05, 3.63) is 78.4 Å². The Kier molecular flexibility index (Phi) is 7.13. The van der Waals surface area contributed by atoms with Gasteiger partial charge in [0.15, 0.2) is 9.84 Å². The molecular formula is C25H26N2O6S2. The van der Waals surface area contributed by atoms with Crippen LogP contribution in [0.2, 0.25) is 0 Å². The first-order valence-corrected chi connectivity index (χ1v) is 14.2. The Labute approximate surface area is 205 Å². The zero-order chi connectivity index (χ0) is 25.1. The lowest BCUT2D eigenvalue weighted by atomic mass is 10.0.